The summed E-state index contributed by atoms with van der Waals surface area (Å²) in [6.07, 6.45) is 0.128. The predicted molar refractivity (Wildman–Crippen MR) is 81.6 cm³/mol. The average molecular weight is 326 g/mol. The minimum absolute atomic E-state index is 0.0815. The van der Waals surface area contributed by atoms with Crippen LogP contribution in [0.1, 0.15) is 60.8 Å². The molecule has 0 saturated carbocycles. The molecule has 2 aliphatic heterocycles. The Labute approximate surface area is 136 Å². The van der Waals surface area contributed by atoms with E-state index < -0.39 is 34.8 Å². The maximum absolute atomic E-state index is 12.8. The van der Waals surface area contributed by atoms with Gasteiger partial charge in [-0.1, -0.05) is 13.8 Å². The van der Waals surface area contributed by atoms with Gasteiger partial charge in [0.2, 0.25) is 0 Å². The Balaban J connectivity index is 2.46. The molecule has 6 nitrogen and oxygen atoms in total. The number of esters is 2. The first kappa shape index (κ1) is 17.9. The number of fused-ring (bicyclic) bond motifs is 2. The molecule has 2 fully saturated rings. The molecule has 130 valence electrons. The summed E-state index contributed by atoms with van der Waals surface area (Å²) in [6.45, 7) is 10.4. The minimum Gasteiger partial charge on any atom is -0.458 e. The molecule has 0 aromatic rings. The number of carbonyl (C=O) groups is 3. The molecule has 0 aliphatic carbocycles. The summed E-state index contributed by atoms with van der Waals surface area (Å²) < 4.78 is 16.8. The Kier molecular flexibility index (Phi) is 4.35. The van der Waals surface area contributed by atoms with Gasteiger partial charge >= 0.3 is 11.9 Å². The molecule has 2 bridgehead atoms. The highest BCUT2D eigenvalue weighted by atomic mass is 16.6. The maximum Gasteiger partial charge on any atom is 0.350 e. The molecule has 23 heavy (non-hydrogen) atoms. The second-order valence-electron chi connectivity index (χ2n) is 7.78. The van der Waals surface area contributed by atoms with Crippen molar-refractivity contribution < 1.29 is 28.6 Å². The van der Waals surface area contributed by atoms with Crippen LogP contribution < -0.4 is 0 Å². The van der Waals surface area contributed by atoms with E-state index in [0.717, 1.165) is 0 Å². The van der Waals surface area contributed by atoms with Crippen molar-refractivity contribution in [3.63, 3.8) is 0 Å². The molecule has 3 atom stereocenters. The van der Waals surface area contributed by atoms with Gasteiger partial charge in [0.25, 0.3) is 5.60 Å². The lowest BCUT2D eigenvalue weighted by Crippen LogP contribution is -2.60. The third-order valence-corrected chi connectivity index (χ3v) is 4.60. The van der Waals surface area contributed by atoms with Crippen molar-refractivity contribution in [3.8, 4) is 0 Å². The summed E-state index contributed by atoms with van der Waals surface area (Å²) in [5.41, 5.74) is -3.25. The molecule has 0 radical (unpaired) electrons. The van der Waals surface area contributed by atoms with E-state index in [-0.39, 0.29) is 18.1 Å². The molecule has 2 rings (SSSR count). The highest BCUT2D eigenvalue weighted by Gasteiger charge is 2.70. The SMILES string of the molecule is CC(=O)O[C@@H]1C[C@@]2(C(C)C)CCC(=O)[C@]1(C(=O)OC(C)(C)C)O2. The van der Waals surface area contributed by atoms with Crippen LogP contribution in [0.3, 0.4) is 0 Å². The van der Waals surface area contributed by atoms with Gasteiger partial charge in [0.15, 0.2) is 11.9 Å². The molecular weight excluding hydrogens is 300 g/mol. The average Bonchev–Trinajstić information content (AvgIpc) is 2.65. The molecule has 0 amide bonds. The Hall–Kier alpha value is -1.43. The summed E-state index contributed by atoms with van der Waals surface area (Å²) in [5.74, 6) is -1.59. The predicted octanol–water partition coefficient (Wildman–Crippen LogP) is 2.18. The van der Waals surface area contributed by atoms with E-state index in [1.54, 1.807) is 20.8 Å². The lowest BCUT2D eigenvalue weighted by molar-refractivity contribution is -0.213. The minimum atomic E-state index is -1.83. The molecule has 6 heteroatoms. The molecule has 0 N–H and O–H groups in total. The van der Waals surface area contributed by atoms with Gasteiger partial charge in [-0.25, -0.2) is 4.79 Å². The quantitative estimate of drug-likeness (QED) is 0.584. The first-order valence-electron chi connectivity index (χ1n) is 8.07. The number of ketones is 1. The number of Topliss-reactive ketones (excluding diaryl/α,β-unsaturated/α-hetero) is 1. The molecular formula is C17H26O6. The fraction of sp³-hybridized carbons (Fsp3) is 0.824. The van der Waals surface area contributed by atoms with Crippen molar-refractivity contribution in [3.05, 3.63) is 0 Å². The van der Waals surface area contributed by atoms with Crippen molar-refractivity contribution in [1.29, 1.82) is 0 Å². The van der Waals surface area contributed by atoms with Crippen molar-refractivity contribution in [2.24, 2.45) is 5.92 Å². The van der Waals surface area contributed by atoms with Gasteiger partial charge in [0.05, 0.1) is 5.60 Å². The number of hydrogen-bond acceptors (Lipinski definition) is 6. The lowest BCUT2D eigenvalue weighted by Gasteiger charge is -2.40. The van der Waals surface area contributed by atoms with Crippen LogP contribution in [0.5, 0.6) is 0 Å². The smallest absolute Gasteiger partial charge is 0.350 e. The number of ether oxygens (including phenoxy) is 3. The van der Waals surface area contributed by atoms with Crippen LogP contribution in [0.4, 0.5) is 0 Å². The van der Waals surface area contributed by atoms with Crippen LogP contribution in [0.15, 0.2) is 0 Å². The number of hydrogen-bond donors (Lipinski definition) is 0. The van der Waals surface area contributed by atoms with Crippen LogP contribution in [0.25, 0.3) is 0 Å². The van der Waals surface area contributed by atoms with Crippen molar-refractivity contribution >= 4 is 17.7 Å². The van der Waals surface area contributed by atoms with E-state index in [1.807, 2.05) is 13.8 Å². The molecule has 2 saturated heterocycles. The molecule has 0 unspecified atom stereocenters. The first-order valence-corrected chi connectivity index (χ1v) is 8.07. The first-order chi connectivity index (χ1) is 10.4. The number of rotatable bonds is 3. The van der Waals surface area contributed by atoms with E-state index in [9.17, 15) is 14.4 Å². The van der Waals surface area contributed by atoms with E-state index in [1.165, 1.54) is 6.92 Å². The van der Waals surface area contributed by atoms with Crippen LogP contribution in [0.2, 0.25) is 0 Å². The summed E-state index contributed by atoms with van der Waals surface area (Å²) in [7, 11) is 0. The monoisotopic (exact) mass is 326 g/mol. The molecule has 2 heterocycles. The summed E-state index contributed by atoms with van der Waals surface area (Å²) in [5, 5.41) is 0. The Morgan fingerprint density at radius 3 is 2.39 bits per heavy atom. The summed E-state index contributed by atoms with van der Waals surface area (Å²) >= 11 is 0. The maximum atomic E-state index is 12.8. The van der Waals surface area contributed by atoms with Crippen molar-refractivity contribution in [2.75, 3.05) is 0 Å². The van der Waals surface area contributed by atoms with Gasteiger partial charge in [0, 0.05) is 19.8 Å². The summed E-state index contributed by atoms with van der Waals surface area (Å²) in [6, 6.07) is 0. The fourth-order valence-electron chi connectivity index (χ4n) is 3.39. The Morgan fingerprint density at radius 2 is 1.91 bits per heavy atom. The van der Waals surface area contributed by atoms with Crippen LogP contribution >= 0.6 is 0 Å². The fourth-order valence-corrected chi connectivity index (χ4v) is 3.39. The zero-order valence-corrected chi connectivity index (χ0v) is 14.7. The standard InChI is InChI=1S/C17H26O6/c1-10(2)16-8-7-12(19)17(23-16,13(9-16)21-11(3)18)14(20)22-15(4,5)6/h10,13H,7-9H2,1-6H3/t13-,16-,17+/m1/s1. The van der Waals surface area contributed by atoms with E-state index in [0.29, 0.717) is 12.8 Å². The second-order valence-corrected chi connectivity index (χ2v) is 7.78. The zero-order chi connectivity index (χ0) is 17.6. The van der Waals surface area contributed by atoms with Gasteiger partial charge in [-0.3, -0.25) is 9.59 Å². The van der Waals surface area contributed by atoms with Gasteiger partial charge < -0.3 is 14.2 Å². The van der Waals surface area contributed by atoms with Crippen LogP contribution in [0, 0.1) is 5.92 Å². The highest BCUT2D eigenvalue weighted by Crippen LogP contribution is 2.52. The third kappa shape index (κ3) is 3.01. The van der Waals surface area contributed by atoms with E-state index in [2.05, 4.69) is 0 Å². The Morgan fingerprint density at radius 1 is 1.30 bits per heavy atom. The topological polar surface area (TPSA) is 78.9 Å². The lowest BCUT2D eigenvalue weighted by atomic mass is 9.83. The van der Waals surface area contributed by atoms with E-state index >= 15 is 0 Å². The van der Waals surface area contributed by atoms with Gasteiger partial charge in [-0.15, -0.1) is 0 Å². The van der Waals surface area contributed by atoms with Crippen LogP contribution in [-0.2, 0) is 28.6 Å². The van der Waals surface area contributed by atoms with Gasteiger partial charge in [0.1, 0.15) is 5.60 Å². The van der Waals surface area contributed by atoms with Gasteiger partial charge in [-0.2, -0.15) is 0 Å². The second kappa shape index (κ2) is 5.58. The normalized spacial score (nSPS) is 33.7. The Bertz CT molecular complexity index is 532. The van der Waals surface area contributed by atoms with Crippen molar-refractivity contribution in [2.45, 2.75) is 83.7 Å². The summed E-state index contributed by atoms with van der Waals surface area (Å²) in [4.78, 5) is 36.9. The molecule has 0 spiro atoms. The number of carbonyl (C=O) groups excluding carboxylic acids is 3. The zero-order valence-electron chi connectivity index (χ0n) is 14.7. The van der Waals surface area contributed by atoms with Crippen LogP contribution in [-0.4, -0.2) is 40.6 Å². The van der Waals surface area contributed by atoms with Gasteiger partial charge in [-0.05, 0) is 33.1 Å². The molecule has 0 aromatic heterocycles. The largest absolute Gasteiger partial charge is 0.458 e. The van der Waals surface area contributed by atoms with E-state index in [4.69, 9.17) is 14.2 Å². The third-order valence-electron chi connectivity index (χ3n) is 4.60. The molecule has 2 aliphatic rings. The highest BCUT2D eigenvalue weighted by molar-refractivity contribution is 6.09. The molecule has 0 aromatic carbocycles. The van der Waals surface area contributed by atoms with Crippen molar-refractivity contribution in [1.82, 2.24) is 0 Å².